The molecule has 0 radical (unpaired) electrons. The van der Waals surface area contributed by atoms with Gasteiger partial charge in [-0.25, -0.2) is 15.0 Å². The molecule has 9 heteroatoms. The van der Waals surface area contributed by atoms with E-state index in [2.05, 4.69) is 25.3 Å². The van der Waals surface area contributed by atoms with E-state index in [1.165, 1.54) is 6.33 Å². The van der Waals surface area contributed by atoms with Gasteiger partial charge >= 0.3 is 0 Å². The first-order valence-corrected chi connectivity index (χ1v) is 8.28. The van der Waals surface area contributed by atoms with Gasteiger partial charge in [0.25, 0.3) is 0 Å². The molecule has 4 rings (SSSR count). The fourth-order valence-corrected chi connectivity index (χ4v) is 3.00. The van der Waals surface area contributed by atoms with Crippen LogP contribution >= 0.6 is 0 Å². The molecule has 1 unspecified atom stereocenters. The first kappa shape index (κ1) is 16.9. The number of anilines is 1. The molecule has 1 aromatic carbocycles. The van der Waals surface area contributed by atoms with Crippen LogP contribution in [0.5, 0.6) is 0 Å². The van der Waals surface area contributed by atoms with Crippen LogP contribution in [0.25, 0.3) is 11.2 Å². The highest BCUT2D eigenvalue weighted by atomic mass is 16.6. The maximum atomic E-state index is 10.2. The summed E-state index contributed by atoms with van der Waals surface area (Å²) in [6.45, 7) is 0.139. The Morgan fingerprint density at radius 1 is 1.12 bits per heavy atom. The van der Waals surface area contributed by atoms with Gasteiger partial charge in [0.1, 0.15) is 29.9 Å². The van der Waals surface area contributed by atoms with Crippen molar-refractivity contribution in [3.05, 3.63) is 48.0 Å². The van der Waals surface area contributed by atoms with Gasteiger partial charge in [-0.2, -0.15) is 0 Å². The lowest BCUT2D eigenvalue weighted by molar-refractivity contribution is -0.0251. The van der Waals surface area contributed by atoms with Gasteiger partial charge in [-0.15, -0.1) is 0 Å². The SMILES string of the molecule is OC[C@H]1OC(c2nc(NCc3ccccc3)c3[nH]cnc3n2)[C@H](O)[C@@H]1O. The Morgan fingerprint density at radius 3 is 2.65 bits per heavy atom. The first-order valence-electron chi connectivity index (χ1n) is 8.28. The van der Waals surface area contributed by atoms with Gasteiger partial charge in [0.05, 0.1) is 12.9 Å². The summed E-state index contributed by atoms with van der Waals surface area (Å²) in [6.07, 6.45) is -2.75. The van der Waals surface area contributed by atoms with E-state index in [0.717, 1.165) is 5.56 Å². The first-order chi connectivity index (χ1) is 12.7. The number of aromatic nitrogens is 4. The van der Waals surface area contributed by atoms with Crippen molar-refractivity contribution in [2.75, 3.05) is 11.9 Å². The van der Waals surface area contributed by atoms with Crippen LogP contribution < -0.4 is 5.32 Å². The van der Waals surface area contributed by atoms with E-state index in [0.29, 0.717) is 23.5 Å². The van der Waals surface area contributed by atoms with E-state index in [4.69, 9.17) is 4.74 Å². The van der Waals surface area contributed by atoms with Crippen LogP contribution in [0.3, 0.4) is 0 Å². The average Bonchev–Trinajstić information content (AvgIpc) is 3.26. The fourth-order valence-electron chi connectivity index (χ4n) is 3.00. The maximum Gasteiger partial charge on any atom is 0.183 e. The number of aromatic amines is 1. The molecule has 1 aliphatic rings. The molecule has 0 aliphatic carbocycles. The fraction of sp³-hybridized carbons (Fsp3) is 0.353. The molecule has 0 bridgehead atoms. The third-order valence-corrected chi connectivity index (χ3v) is 4.40. The van der Waals surface area contributed by atoms with E-state index in [1.807, 2.05) is 30.3 Å². The number of nitrogens with zero attached hydrogens (tertiary/aromatic N) is 3. The van der Waals surface area contributed by atoms with Crippen molar-refractivity contribution in [1.82, 2.24) is 19.9 Å². The van der Waals surface area contributed by atoms with Crippen molar-refractivity contribution < 1.29 is 20.1 Å². The minimum absolute atomic E-state index is 0.197. The molecule has 136 valence electrons. The van der Waals surface area contributed by atoms with Crippen molar-refractivity contribution in [3.8, 4) is 0 Å². The molecule has 0 saturated carbocycles. The number of rotatable bonds is 5. The number of ether oxygens (including phenoxy) is 1. The summed E-state index contributed by atoms with van der Waals surface area (Å²) >= 11 is 0. The van der Waals surface area contributed by atoms with E-state index < -0.39 is 31.0 Å². The van der Waals surface area contributed by atoms with Gasteiger partial charge < -0.3 is 30.4 Å². The third-order valence-electron chi connectivity index (χ3n) is 4.40. The zero-order chi connectivity index (χ0) is 18.1. The Balaban J connectivity index is 1.64. The zero-order valence-electron chi connectivity index (χ0n) is 13.8. The smallest absolute Gasteiger partial charge is 0.183 e. The van der Waals surface area contributed by atoms with Crippen LogP contribution in [0.4, 0.5) is 5.82 Å². The summed E-state index contributed by atoms with van der Waals surface area (Å²) in [5.41, 5.74) is 2.13. The predicted octanol–water partition coefficient (Wildman–Crippen LogP) is 0.119. The Labute approximate surface area is 148 Å². The minimum atomic E-state index is -1.23. The quantitative estimate of drug-likeness (QED) is 0.434. The van der Waals surface area contributed by atoms with Crippen molar-refractivity contribution in [3.63, 3.8) is 0 Å². The zero-order valence-corrected chi connectivity index (χ0v) is 13.8. The second-order valence-corrected chi connectivity index (χ2v) is 6.13. The second-order valence-electron chi connectivity index (χ2n) is 6.13. The lowest BCUT2D eigenvalue weighted by Crippen LogP contribution is -2.32. The van der Waals surface area contributed by atoms with Crippen molar-refractivity contribution in [1.29, 1.82) is 0 Å². The molecular weight excluding hydrogens is 338 g/mol. The number of hydrogen-bond acceptors (Lipinski definition) is 8. The van der Waals surface area contributed by atoms with Crippen LogP contribution in [-0.4, -0.2) is 60.2 Å². The minimum Gasteiger partial charge on any atom is -0.394 e. The van der Waals surface area contributed by atoms with Crippen molar-refractivity contribution in [2.45, 2.75) is 31.0 Å². The highest BCUT2D eigenvalue weighted by Gasteiger charge is 2.44. The molecule has 1 saturated heterocycles. The number of aliphatic hydroxyl groups excluding tert-OH is 3. The molecule has 1 fully saturated rings. The summed E-state index contributed by atoms with van der Waals surface area (Å²) in [4.78, 5) is 15.9. The van der Waals surface area contributed by atoms with Crippen LogP contribution in [-0.2, 0) is 11.3 Å². The predicted molar refractivity (Wildman–Crippen MR) is 92.2 cm³/mol. The molecular formula is C17H19N5O4. The number of nitrogens with one attached hydrogen (secondary N) is 2. The second kappa shape index (κ2) is 6.96. The van der Waals surface area contributed by atoms with Crippen molar-refractivity contribution in [2.24, 2.45) is 0 Å². The Hall–Kier alpha value is -2.59. The Kier molecular flexibility index (Phi) is 4.51. The van der Waals surface area contributed by atoms with E-state index >= 15 is 0 Å². The summed E-state index contributed by atoms with van der Waals surface area (Å²) in [5.74, 6) is 0.715. The number of aliphatic hydroxyl groups is 3. The largest absolute Gasteiger partial charge is 0.394 e. The van der Waals surface area contributed by atoms with Crippen LogP contribution in [0, 0.1) is 0 Å². The van der Waals surface area contributed by atoms with Gasteiger partial charge in [0, 0.05) is 6.54 Å². The number of imidazole rings is 1. The van der Waals surface area contributed by atoms with E-state index in [1.54, 1.807) is 0 Å². The van der Waals surface area contributed by atoms with Crippen LogP contribution in [0.1, 0.15) is 17.5 Å². The molecule has 1 aliphatic heterocycles. The molecule has 3 heterocycles. The van der Waals surface area contributed by atoms with Gasteiger partial charge in [-0.3, -0.25) is 0 Å². The highest BCUT2D eigenvalue weighted by Crippen LogP contribution is 2.33. The van der Waals surface area contributed by atoms with E-state index in [9.17, 15) is 15.3 Å². The molecule has 26 heavy (non-hydrogen) atoms. The lowest BCUT2D eigenvalue weighted by atomic mass is 10.1. The monoisotopic (exact) mass is 357 g/mol. The summed E-state index contributed by atoms with van der Waals surface area (Å²) in [7, 11) is 0. The molecule has 5 N–H and O–H groups in total. The molecule has 0 spiro atoms. The van der Waals surface area contributed by atoms with Gasteiger partial charge in [0.15, 0.2) is 17.3 Å². The Bertz CT molecular complexity index is 887. The number of fused-ring (bicyclic) bond motifs is 1. The maximum absolute atomic E-state index is 10.2. The standard InChI is InChI=1S/C17H19N5O4/c23-7-10-12(24)13(25)14(26-10)17-21-15(11-16(22-17)20-8-19-11)18-6-9-4-2-1-3-5-9/h1-5,8,10,12-14,23-25H,6-7H2,(H2,18,19,20,21,22)/t10-,12-,13-,14?/m1/s1. The molecule has 3 aromatic rings. The molecule has 2 aromatic heterocycles. The highest BCUT2D eigenvalue weighted by molar-refractivity contribution is 5.82. The van der Waals surface area contributed by atoms with Crippen molar-refractivity contribution >= 4 is 17.0 Å². The normalized spacial score (nSPS) is 25.7. The summed E-state index contributed by atoms with van der Waals surface area (Å²) in [5, 5.41) is 32.7. The summed E-state index contributed by atoms with van der Waals surface area (Å²) in [6, 6.07) is 9.83. The number of benzene rings is 1. The summed E-state index contributed by atoms with van der Waals surface area (Å²) < 4.78 is 5.52. The molecule has 9 nitrogen and oxygen atoms in total. The third kappa shape index (κ3) is 3.01. The topological polar surface area (TPSA) is 136 Å². The van der Waals surface area contributed by atoms with Gasteiger partial charge in [0.2, 0.25) is 0 Å². The molecule has 4 atom stereocenters. The Morgan fingerprint density at radius 2 is 1.92 bits per heavy atom. The number of H-pyrrole nitrogens is 1. The lowest BCUT2D eigenvalue weighted by Gasteiger charge is -2.15. The van der Waals surface area contributed by atoms with E-state index in [-0.39, 0.29) is 5.82 Å². The average molecular weight is 357 g/mol. The molecule has 0 amide bonds. The van der Waals surface area contributed by atoms with Crippen LogP contribution in [0.15, 0.2) is 36.7 Å². The van der Waals surface area contributed by atoms with Crippen LogP contribution in [0.2, 0.25) is 0 Å². The van der Waals surface area contributed by atoms with Gasteiger partial charge in [-0.1, -0.05) is 30.3 Å². The number of hydrogen-bond donors (Lipinski definition) is 5. The van der Waals surface area contributed by atoms with Gasteiger partial charge in [-0.05, 0) is 5.56 Å².